The van der Waals surface area contributed by atoms with Gasteiger partial charge in [0.1, 0.15) is 7.14 Å². The number of carbonyl (C=O) groups is 2. The monoisotopic (exact) mass is 541 g/mol. The highest BCUT2D eigenvalue weighted by atomic mass is 31.2. The van der Waals surface area contributed by atoms with Gasteiger partial charge in [0.05, 0.1) is 6.54 Å². The minimum atomic E-state index is -2.94. The second-order valence-electron chi connectivity index (χ2n) is 9.82. The molecule has 0 atom stereocenters. The van der Waals surface area contributed by atoms with E-state index in [0.29, 0.717) is 37.8 Å². The Morgan fingerprint density at radius 1 is 0.795 bits per heavy atom. The fourth-order valence-corrected chi connectivity index (χ4v) is 7.38. The van der Waals surface area contributed by atoms with Crippen LogP contribution in [-0.4, -0.2) is 56.0 Å². The van der Waals surface area contributed by atoms with Gasteiger partial charge in [-0.25, -0.2) is 0 Å². The summed E-state index contributed by atoms with van der Waals surface area (Å²) in [5.41, 5.74) is 7.38. The van der Waals surface area contributed by atoms with Gasteiger partial charge in [-0.3, -0.25) is 9.59 Å². The highest BCUT2D eigenvalue weighted by Crippen LogP contribution is 2.43. The van der Waals surface area contributed by atoms with Crippen molar-refractivity contribution in [1.29, 1.82) is 0 Å². The van der Waals surface area contributed by atoms with E-state index in [0.717, 1.165) is 27.1 Å². The van der Waals surface area contributed by atoms with E-state index in [1.54, 1.807) is 11.8 Å². The average molecular weight is 542 g/mol. The molecule has 39 heavy (non-hydrogen) atoms. The highest BCUT2D eigenvalue weighted by Gasteiger charge is 2.28. The van der Waals surface area contributed by atoms with Gasteiger partial charge in [-0.05, 0) is 48.9 Å². The van der Waals surface area contributed by atoms with Crippen molar-refractivity contribution in [2.75, 3.05) is 44.3 Å². The number of fused-ring (bicyclic) bond motifs is 1. The van der Waals surface area contributed by atoms with Gasteiger partial charge in [-0.15, -0.1) is 0 Å². The third-order valence-electron chi connectivity index (χ3n) is 7.06. The summed E-state index contributed by atoms with van der Waals surface area (Å²) < 4.78 is 14.5. The van der Waals surface area contributed by atoms with Gasteiger partial charge in [-0.1, -0.05) is 78.9 Å². The molecule has 4 aromatic carbocycles. The van der Waals surface area contributed by atoms with Crippen LogP contribution >= 0.6 is 7.14 Å². The van der Waals surface area contributed by atoms with E-state index < -0.39 is 7.14 Å². The molecule has 0 aliphatic carbocycles. The number of benzene rings is 4. The van der Waals surface area contributed by atoms with Crippen LogP contribution in [0.15, 0.2) is 97.1 Å². The van der Waals surface area contributed by atoms with Gasteiger partial charge in [0.2, 0.25) is 5.91 Å². The van der Waals surface area contributed by atoms with Crippen LogP contribution in [0.3, 0.4) is 0 Å². The quantitative estimate of drug-likeness (QED) is 0.208. The van der Waals surface area contributed by atoms with Crippen LogP contribution in [0.1, 0.15) is 23.7 Å². The standard InChI is InChI=1S/C32H36N3O3P/c1-25(36)26-14-15-28-23-29(17-16-27(28)22-26)34(2)24-32(37)35(19-9-18-33)20-21-39(38,30-10-5-3-6-11-30)31-12-7-4-8-13-31/h3-8,10-17,22-23H,9,18-21,24,33H2,1-2H3. The first kappa shape index (κ1) is 28.3. The smallest absolute Gasteiger partial charge is 0.242 e. The van der Waals surface area contributed by atoms with E-state index in [-0.39, 0.29) is 18.2 Å². The van der Waals surface area contributed by atoms with E-state index in [4.69, 9.17) is 5.73 Å². The van der Waals surface area contributed by atoms with Crippen molar-refractivity contribution in [2.45, 2.75) is 13.3 Å². The van der Waals surface area contributed by atoms with Crippen LogP contribution < -0.4 is 21.2 Å². The Morgan fingerprint density at radius 2 is 1.38 bits per heavy atom. The number of amides is 1. The van der Waals surface area contributed by atoms with E-state index in [2.05, 4.69) is 0 Å². The van der Waals surface area contributed by atoms with E-state index >= 15 is 0 Å². The Bertz CT molecular complexity index is 1430. The highest BCUT2D eigenvalue weighted by molar-refractivity contribution is 7.78. The molecule has 0 saturated carbocycles. The number of Topliss-reactive ketones (excluding diaryl/α,β-unsaturated/α-hetero) is 1. The number of rotatable bonds is 12. The molecule has 0 saturated heterocycles. The van der Waals surface area contributed by atoms with Crippen LogP contribution in [-0.2, 0) is 9.36 Å². The minimum absolute atomic E-state index is 0.0327. The number of carbonyl (C=O) groups excluding carboxylic acids is 2. The Morgan fingerprint density at radius 3 is 1.97 bits per heavy atom. The van der Waals surface area contributed by atoms with Crippen LogP contribution in [0.4, 0.5) is 5.69 Å². The van der Waals surface area contributed by atoms with Crippen molar-refractivity contribution in [1.82, 2.24) is 4.90 Å². The molecule has 0 radical (unpaired) electrons. The molecule has 4 aromatic rings. The Labute approximate surface area is 230 Å². The van der Waals surface area contributed by atoms with Gasteiger partial charge in [0.15, 0.2) is 5.78 Å². The maximum Gasteiger partial charge on any atom is 0.242 e. The third kappa shape index (κ3) is 6.83. The summed E-state index contributed by atoms with van der Waals surface area (Å²) in [5.74, 6) is -0.00372. The summed E-state index contributed by atoms with van der Waals surface area (Å²) in [6.45, 7) is 3.10. The number of likely N-dealkylation sites (N-methyl/N-ethyl adjacent to an activating group) is 1. The molecule has 0 bridgehead atoms. The lowest BCUT2D eigenvalue weighted by atomic mass is 10.0. The average Bonchev–Trinajstić information content (AvgIpc) is 2.97. The maximum absolute atomic E-state index is 14.5. The zero-order valence-corrected chi connectivity index (χ0v) is 23.5. The molecule has 202 valence electrons. The molecule has 0 spiro atoms. The summed E-state index contributed by atoms with van der Waals surface area (Å²) in [6.07, 6.45) is 1.03. The fourth-order valence-electron chi connectivity index (χ4n) is 4.73. The molecule has 0 aliphatic rings. The number of hydrogen-bond donors (Lipinski definition) is 1. The van der Waals surface area contributed by atoms with E-state index in [1.165, 1.54) is 0 Å². The second kappa shape index (κ2) is 12.9. The zero-order valence-electron chi connectivity index (χ0n) is 22.6. The van der Waals surface area contributed by atoms with Crippen molar-refractivity contribution in [3.05, 3.63) is 103 Å². The summed E-state index contributed by atoms with van der Waals surface area (Å²) in [6, 6.07) is 30.7. The molecule has 0 fully saturated rings. The lowest BCUT2D eigenvalue weighted by Gasteiger charge is -2.29. The molecule has 6 nitrogen and oxygen atoms in total. The summed E-state index contributed by atoms with van der Waals surface area (Å²) >= 11 is 0. The number of anilines is 1. The van der Waals surface area contributed by atoms with Gasteiger partial charge in [0, 0.05) is 48.2 Å². The van der Waals surface area contributed by atoms with Crippen molar-refractivity contribution >= 4 is 45.9 Å². The molecular weight excluding hydrogens is 505 g/mol. The van der Waals surface area contributed by atoms with Crippen LogP contribution in [0.2, 0.25) is 0 Å². The van der Waals surface area contributed by atoms with Crippen LogP contribution in [0.5, 0.6) is 0 Å². The molecule has 0 heterocycles. The molecular formula is C32H36N3O3P. The Balaban J connectivity index is 1.52. The van der Waals surface area contributed by atoms with Gasteiger partial charge in [-0.2, -0.15) is 0 Å². The molecule has 0 aromatic heterocycles. The van der Waals surface area contributed by atoms with Gasteiger partial charge >= 0.3 is 0 Å². The van der Waals surface area contributed by atoms with Crippen molar-refractivity contribution in [3.63, 3.8) is 0 Å². The van der Waals surface area contributed by atoms with Gasteiger partial charge < -0.3 is 20.1 Å². The van der Waals surface area contributed by atoms with Crippen molar-refractivity contribution in [3.8, 4) is 0 Å². The molecule has 0 aliphatic heterocycles. The topological polar surface area (TPSA) is 83.7 Å². The number of nitrogens with zero attached hydrogens (tertiary/aromatic N) is 2. The summed E-state index contributed by atoms with van der Waals surface area (Å²) in [7, 11) is -1.05. The van der Waals surface area contributed by atoms with Crippen LogP contribution in [0, 0.1) is 0 Å². The summed E-state index contributed by atoms with van der Waals surface area (Å²) in [5, 5.41) is 3.57. The SMILES string of the molecule is CC(=O)c1ccc2cc(N(C)CC(=O)N(CCCN)CCP(=O)(c3ccccc3)c3ccccc3)ccc2c1. The van der Waals surface area contributed by atoms with Crippen molar-refractivity contribution < 1.29 is 14.2 Å². The second-order valence-corrected chi connectivity index (χ2v) is 12.8. The molecule has 1 amide bonds. The third-order valence-corrected chi connectivity index (χ3v) is 10.2. The predicted octanol–water partition coefficient (Wildman–Crippen LogP) is 4.67. The molecule has 2 N–H and O–H groups in total. The van der Waals surface area contributed by atoms with Gasteiger partial charge in [0.25, 0.3) is 0 Å². The maximum atomic E-state index is 14.5. The summed E-state index contributed by atoms with van der Waals surface area (Å²) in [4.78, 5) is 29.0. The predicted molar refractivity (Wildman–Crippen MR) is 162 cm³/mol. The molecule has 0 unspecified atom stereocenters. The first-order valence-electron chi connectivity index (χ1n) is 13.3. The Kier molecular flexibility index (Phi) is 9.34. The van der Waals surface area contributed by atoms with E-state index in [1.807, 2.05) is 109 Å². The lowest BCUT2D eigenvalue weighted by molar-refractivity contribution is -0.129. The largest absolute Gasteiger partial charge is 0.365 e. The lowest BCUT2D eigenvalue weighted by Crippen LogP contribution is -2.42. The van der Waals surface area contributed by atoms with E-state index in [9.17, 15) is 14.2 Å². The number of ketones is 1. The zero-order chi connectivity index (χ0) is 27.8. The molecule has 7 heteroatoms. The van der Waals surface area contributed by atoms with Crippen molar-refractivity contribution in [2.24, 2.45) is 5.73 Å². The first-order valence-corrected chi connectivity index (χ1v) is 15.1. The number of nitrogens with two attached hydrogens (primary N) is 1. The first-order chi connectivity index (χ1) is 18.8. The Hall–Kier alpha value is -3.73. The normalized spacial score (nSPS) is 11.4. The van der Waals surface area contributed by atoms with Crippen LogP contribution in [0.25, 0.3) is 10.8 Å². The minimum Gasteiger partial charge on any atom is -0.365 e. The number of hydrogen-bond acceptors (Lipinski definition) is 5. The molecule has 4 rings (SSSR count). The fraction of sp³-hybridized carbons (Fsp3) is 0.250.